The van der Waals surface area contributed by atoms with Gasteiger partial charge >= 0.3 is 0 Å². The average molecular weight is 262 g/mol. The van der Waals surface area contributed by atoms with E-state index < -0.39 is 0 Å². The molecule has 1 aliphatic heterocycles. The van der Waals surface area contributed by atoms with E-state index in [1.807, 2.05) is 0 Å². The van der Waals surface area contributed by atoms with Gasteiger partial charge in [-0.25, -0.2) is 0 Å². The number of nitrogens with one attached hydrogen (secondary N) is 1. The molecule has 0 amide bonds. The quantitative estimate of drug-likeness (QED) is 0.735. The van der Waals surface area contributed by atoms with E-state index in [0.29, 0.717) is 19.4 Å². The normalized spacial score (nSPS) is 19.7. The molecular formula is C15H22N2O2. The molecule has 0 spiro atoms. The lowest BCUT2D eigenvalue weighted by Gasteiger charge is -2.17. The average Bonchev–Trinajstić information content (AvgIpc) is 2.84. The molecule has 1 heterocycles. The van der Waals surface area contributed by atoms with Crippen molar-refractivity contribution in [1.82, 2.24) is 5.32 Å². The molecule has 0 radical (unpaired) electrons. The predicted molar refractivity (Wildman–Crippen MR) is 76.2 cm³/mol. The Hall–Kier alpha value is -1.26. The van der Waals surface area contributed by atoms with Gasteiger partial charge in [0.05, 0.1) is 12.3 Å². The first-order valence-corrected chi connectivity index (χ1v) is 7.08. The monoisotopic (exact) mass is 262 g/mol. The Morgan fingerprint density at radius 3 is 3.05 bits per heavy atom. The SMILES string of the molecule is CCCC[C@H](CO)NCC1=CCC2=C1N=CCC2=O. The van der Waals surface area contributed by atoms with Gasteiger partial charge in [-0.15, -0.1) is 0 Å². The van der Waals surface area contributed by atoms with E-state index in [-0.39, 0.29) is 18.4 Å². The lowest BCUT2D eigenvalue weighted by atomic mass is 10.0. The van der Waals surface area contributed by atoms with Crippen molar-refractivity contribution in [3.05, 3.63) is 22.9 Å². The van der Waals surface area contributed by atoms with Crippen LogP contribution >= 0.6 is 0 Å². The van der Waals surface area contributed by atoms with Crippen LogP contribution < -0.4 is 5.32 Å². The molecule has 0 saturated carbocycles. The van der Waals surface area contributed by atoms with Crippen molar-refractivity contribution in [2.45, 2.75) is 45.1 Å². The maximum atomic E-state index is 11.7. The van der Waals surface area contributed by atoms with E-state index in [1.54, 1.807) is 6.21 Å². The maximum absolute atomic E-state index is 11.7. The zero-order chi connectivity index (χ0) is 13.7. The zero-order valence-electron chi connectivity index (χ0n) is 11.5. The maximum Gasteiger partial charge on any atom is 0.166 e. The molecule has 2 aliphatic rings. The number of unbranched alkanes of at least 4 members (excludes halogenated alkanes) is 1. The summed E-state index contributed by atoms with van der Waals surface area (Å²) in [5.74, 6) is 0.195. The van der Waals surface area contributed by atoms with Crippen LogP contribution in [0, 0.1) is 0 Å². The van der Waals surface area contributed by atoms with Crippen LogP contribution in [0.3, 0.4) is 0 Å². The van der Waals surface area contributed by atoms with Gasteiger partial charge in [0.15, 0.2) is 5.78 Å². The van der Waals surface area contributed by atoms with Crippen LogP contribution in [0.4, 0.5) is 0 Å². The second kappa shape index (κ2) is 6.78. The molecule has 0 aromatic carbocycles. The second-order valence-corrected chi connectivity index (χ2v) is 5.10. The van der Waals surface area contributed by atoms with Crippen molar-refractivity contribution in [3.8, 4) is 0 Å². The van der Waals surface area contributed by atoms with Gasteiger partial charge in [0.25, 0.3) is 0 Å². The summed E-state index contributed by atoms with van der Waals surface area (Å²) in [4.78, 5) is 16.1. The number of carbonyl (C=O) groups is 1. The van der Waals surface area contributed by atoms with Crippen LogP contribution in [0.2, 0.25) is 0 Å². The molecule has 1 atom stereocenters. The van der Waals surface area contributed by atoms with Gasteiger partial charge in [-0.2, -0.15) is 0 Å². The summed E-state index contributed by atoms with van der Waals surface area (Å²) in [6, 6.07) is 0.133. The molecule has 0 bridgehead atoms. The van der Waals surface area contributed by atoms with E-state index in [1.165, 1.54) is 0 Å². The van der Waals surface area contributed by atoms with E-state index in [9.17, 15) is 9.90 Å². The summed E-state index contributed by atoms with van der Waals surface area (Å²) >= 11 is 0. The third kappa shape index (κ3) is 3.39. The number of rotatable bonds is 7. The number of ketones is 1. The number of Topliss-reactive ketones (excluding diaryl/α,β-unsaturated/α-hetero) is 1. The molecule has 0 aromatic heterocycles. The van der Waals surface area contributed by atoms with Gasteiger partial charge < -0.3 is 10.4 Å². The minimum atomic E-state index is 0.133. The van der Waals surface area contributed by atoms with Gasteiger partial charge in [0.1, 0.15) is 0 Å². The van der Waals surface area contributed by atoms with Crippen LogP contribution in [0.15, 0.2) is 27.9 Å². The van der Waals surface area contributed by atoms with Crippen molar-refractivity contribution < 1.29 is 9.90 Å². The summed E-state index contributed by atoms with van der Waals surface area (Å²) < 4.78 is 0. The lowest BCUT2D eigenvalue weighted by Crippen LogP contribution is -2.34. The Balaban J connectivity index is 1.90. The van der Waals surface area contributed by atoms with Crippen molar-refractivity contribution in [3.63, 3.8) is 0 Å². The number of nitrogens with zero attached hydrogens (tertiary/aromatic N) is 1. The largest absolute Gasteiger partial charge is 0.395 e. The first kappa shape index (κ1) is 14.2. The summed E-state index contributed by atoms with van der Waals surface area (Å²) in [6.45, 7) is 2.98. The van der Waals surface area contributed by atoms with Crippen LogP contribution in [0.1, 0.15) is 39.0 Å². The molecule has 104 valence electrons. The van der Waals surface area contributed by atoms with Crippen molar-refractivity contribution in [1.29, 1.82) is 0 Å². The minimum absolute atomic E-state index is 0.133. The molecule has 4 nitrogen and oxygen atoms in total. The van der Waals surface area contributed by atoms with E-state index in [4.69, 9.17) is 0 Å². The summed E-state index contributed by atoms with van der Waals surface area (Å²) in [5, 5.41) is 12.7. The fourth-order valence-electron chi connectivity index (χ4n) is 2.48. The van der Waals surface area contributed by atoms with Gasteiger partial charge in [-0.3, -0.25) is 9.79 Å². The van der Waals surface area contributed by atoms with Gasteiger partial charge in [-0.05, 0) is 18.4 Å². The number of hydrogen-bond acceptors (Lipinski definition) is 4. The third-order valence-electron chi connectivity index (χ3n) is 3.68. The van der Waals surface area contributed by atoms with Gasteiger partial charge in [-0.1, -0.05) is 25.8 Å². The van der Waals surface area contributed by atoms with E-state index >= 15 is 0 Å². The molecule has 19 heavy (non-hydrogen) atoms. The van der Waals surface area contributed by atoms with Crippen LogP contribution in [0.5, 0.6) is 0 Å². The smallest absolute Gasteiger partial charge is 0.166 e. The van der Waals surface area contributed by atoms with Crippen molar-refractivity contribution >= 4 is 12.0 Å². The van der Waals surface area contributed by atoms with E-state index in [2.05, 4.69) is 23.3 Å². The summed E-state index contributed by atoms with van der Waals surface area (Å²) in [5.41, 5.74) is 2.80. The molecule has 1 aliphatic carbocycles. The number of aliphatic imine (C=N–C) groups is 1. The Bertz CT molecular complexity index is 435. The highest BCUT2D eigenvalue weighted by atomic mass is 16.3. The highest BCUT2D eigenvalue weighted by Gasteiger charge is 2.24. The molecule has 0 fully saturated rings. The summed E-state index contributed by atoms with van der Waals surface area (Å²) in [7, 11) is 0. The number of allylic oxidation sites excluding steroid dienone is 2. The molecule has 0 aromatic rings. The molecular weight excluding hydrogens is 240 g/mol. The number of carbonyl (C=O) groups excluding carboxylic acids is 1. The Morgan fingerprint density at radius 2 is 2.32 bits per heavy atom. The van der Waals surface area contributed by atoms with Crippen LogP contribution in [-0.2, 0) is 4.79 Å². The third-order valence-corrected chi connectivity index (χ3v) is 3.68. The molecule has 4 heteroatoms. The first-order chi connectivity index (χ1) is 9.26. The fraction of sp³-hybridized carbons (Fsp3) is 0.600. The van der Waals surface area contributed by atoms with Gasteiger partial charge in [0.2, 0.25) is 0 Å². The highest BCUT2D eigenvalue weighted by molar-refractivity contribution is 6.07. The van der Waals surface area contributed by atoms with Gasteiger partial charge in [0, 0.05) is 30.8 Å². The molecule has 0 saturated heterocycles. The Labute approximate surface area is 114 Å². The highest BCUT2D eigenvalue weighted by Crippen LogP contribution is 2.30. The standard InChI is InChI=1S/C15H22N2O2/c1-2-3-4-12(10-18)17-9-11-5-6-13-14(19)7-8-16-15(11)13/h5,8,12,17-18H,2-4,6-7,9-10H2,1H3/t12-/m1/s1. The topological polar surface area (TPSA) is 61.7 Å². The lowest BCUT2D eigenvalue weighted by molar-refractivity contribution is -0.114. The van der Waals surface area contributed by atoms with Crippen LogP contribution in [-0.4, -0.2) is 36.3 Å². The fourth-order valence-corrected chi connectivity index (χ4v) is 2.48. The number of aliphatic hydroxyl groups is 1. The first-order valence-electron chi connectivity index (χ1n) is 7.08. The second-order valence-electron chi connectivity index (χ2n) is 5.10. The number of aliphatic hydroxyl groups excluding tert-OH is 1. The van der Waals surface area contributed by atoms with Crippen molar-refractivity contribution in [2.75, 3.05) is 13.2 Å². The van der Waals surface area contributed by atoms with Crippen LogP contribution in [0.25, 0.3) is 0 Å². The zero-order valence-corrected chi connectivity index (χ0v) is 11.5. The van der Waals surface area contributed by atoms with Crippen molar-refractivity contribution in [2.24, 2.45) is 4.99 Å². The Morgan fingerprint density at radius 1 is 1.47 bits per heavy atom. The molecule has 2 rings (SSSR count). The number of hydrogen-bond donors (Lipinski definition) is 2. The Kier molecular flexibility index (Phi) is 5.05. The minimum Gasteiger partial charge on any atom is -0.395 e. The summed E-state index contributed by atoms with van der Waals surface area (Å²) in [6.07, 6.45) is 8.14. The predicted octanol–water partition coefficient (Wildman–Crippen LogP) is 1.75. The molecule has 0 unspecified atom stereocenters. The van der Waals surface area contributed by atoms with E-state index in [0.717, 1.165) is 36.1 Å². The molecule has 2 N–H and O–H groups in total.